The summed E-state index contributed by atoms with van der Waals surface area (Å²) in [5, 5.41) is 3.43. The standard InChI is InChI=1S/C15H33NO6P2/c1-5-19-23(17,20-6-2)12-14-10-9-11-15(16-14)13-24(18,21-7-3)22-8-4/h14-16H,5-13H2,1-4H3. The minimum absolute atomic E-state index is 0.0180. The highest BCUT2D eigenvalue weighted by molar-refractivity contribution is 7.54. The fourth-order valence-electron chi connectivity index (χ4n) is 3.01. The van der Waals surface area contributed by atoms with Crippen LogP contribution in [0.5, 0.6) is 0 Å². The Hall–Kier alpha value is 0.260. The predicted octanol–water partition coefficient (Wildman–Crippen LogP) is 4.03. The van der Waals surface area contributed by atoms with Crippen LogP contribution in [0, 0.1) is 0 Å². The zero-order chi connectivity index (χ0) is 18.1. The molecule has 7 nitrogen and oxygen atoms in total. The molecule has 9 heteroatoms. The predicted molar refractivity (Wildman–Crippen MR) is 96.0 cm³/mol. The molecule has 1 saturated heterocycles. The van der Waals surface area contributed by atoms with Crippen molar-refractivity contribution in [3.63, 3.8) is 0 Å². The zero-order valence-electron chi connectivity index (χ0n) is 15.4. The number of piperidine rings is 1. The molecule has 0 radical (unpaired) electrons. The van der Waals surface area contributed by atoms with Crippen molar-refractivity contribution < 1.29 is 27.2 Å². The summed E-state index contributed by atoms with van der Waals surface area (Å²) in [4.78, 5) is 0. The fourth-order valence-corrected chi connectivity index (χ4v) is 6.81. The van der Waals surface area contributed by atoms with Crippen LogP contribution in [0.2, 0.25) is 0 Å². The molecule has 0 amide bonds. The minimum atomic E-state index is -3.08. The summed E-state index contributed by atoms with van der Waals surface area (Å²) < 4.78 is 46.9. The lowest BCUT2D eigenvalue weighted by Crippen LogP contribution is -2.46. The number of nitrogens with one attached hydrogen (secondary N) is 1. The molecule has 0 bridgehead atoms. The number of rotatable bonds is 12. The van der Waals surface area contributed by atoms with Crippen molar-refractivity contribution in [2.75, 3.05) is 38.8 Å². The van der Waals surface area contributed by atoms with Crippen molar-refractivity contribution in [2.24, 2.45) is 0 Å². The summed E-state index contributed by atoms with van der Waals surface area (Å²) in [6.45, 7) is 8.67. The van der Waals surface area contributed by atoms with Crippen LogP contribution >= 0.6 is 15.2 Å². The highest BCUT2D eigenvalue weighted by atomic mass is 31.2. The molecule has 2 unspecified atom stereocenters. The van der Waals surface area contributed by atoms with E-state index in [4.69, 9.17) is 18.1 Å². The van der Waals surface area contributed by atoms with Gasteiger partial charge in [0, 0.05) is 12.1 Å². The van der Waals surface area contributed by atoms with Crippen molar-refractivity contribution in [2.45, 2.75) is 59.0 Å². The zero-order valence-corrected chi connectivity index (χ0v) is 17.2. The third-order valence-electron chi connectivity index (χ3n) is 3.77. The van der Waals surface area contributed by atoms with Crippen molar-refractivity contribution >= 4 is 15.2 Å². The maximum absolute atomic E-state index is 12.7. The van der Waals surface area contributed by atoms with Crippen molar-refractivity contribution in [1.82, 2.24) is 5.32 Å². The molecule has 1 aliphatic rings. The van der Waals surface area contributed by atoms with E-state index in [1.165, 1.54) is 0 Å². The third-order valence-corrected chi connectivity index (χ3v) is 8.15. The van der Waals surface area contributed by atoms with Crippen LogP contribution in [0.15, 0.2) is 0 Å². The lowest BCUT2D eigenvalue weighted by atomic mass is 10.0. The van der Waals surface area contributed by atoms with E-state index >= 15 is 0 Å². The third kappa shape index (κ3) is 7.65. The van der Waals surface area contributed by atoms with E-state index in [0.29, 0.717) is 38.8 Å². The normalized spacial score (nSPS) is 22.7. The van der Waals surface area contributed by atoms with E-state index in [2.05, 4.69) is 5.32 Å². The van der Waals surface area contributed by atoms with Gasteiger partial charge in [-0.15, -0.1) is 0 Å². The molecule has 0 aromatic carbocycles. The minimum Gasteiger partial charge on any atom is -0.310 e. The van der Waals surface area contributed by atoms with Gasteiger partial charge in [0.2, 0.25) is 0 Å². The van der Waals surface area contributed by atoms with Crippen molar-refractivity contribution in [1.29, 1.82) is 0 Å². The molecular formula is C15H33NO6P2. The lowest BCUT2D eigenvalue weighted by molar-refractivity contribution is 0.208. The van der Waals surface area contributed by atoms with Gasteiger partial charge in [-0.2, -0.15) is 0 Å². The summed E-state index contributed by atoms with van der Waals surface area (Å²) in [6.07, 6.45) is 3.43. The Kier molecular flexibility index (Phi) is 10.3. The molecule has 0 aliphatic carbocycles. The second-order valence-electron chi connectivity index (χ2n) is 5.75. The quantitative estimate of drug-likeness (QED) is 0.508. The Morgan fingerprint density at radius 1 is 0.750 bits per heavy atom. The molecule has 2 atom stereocenters. The van der Waals surface area contributed by atoms with Crippen molar-refractivity contribution in [3.05, 3.63) is 0 Å². The van der Waals surface area contributed by atoms with E-state index < -0.39 is 15.2 Å². The maximum atomic E-state index is 12.7. The Labute approximate surface area is 146 Å². The smallest absolute Gasteiger partial charge is 0.310 e. The molecule has 0 aromatic rings. The van der Waals surface area contributed by atoms with Crippen LogP contribution in [0.1, 0.15) is 47.0 Å². The second-order valence-corrected chi connectivity index (χ2v) is 9.96. The summed E-state index contributed by atoms with van der Waals surface area (Å²) in [5.41, 5.74) is 0. The monoisotopic (exact) mass is 385 g/mol. The molecule has 24 heavy (non-hydrogen) atoms. The summed E-state index contributed by atoms with van der Waals surface area (Å²) >= 11 is 0. The molecule has 1 fully saturated rings. The molecule has 0 spiro atoms. The van der Waals surface area contributed by atoms with E-state index in [0.717, 1.165) is 19.3 Å². The fraction of sp³-hybridized carbons (Fsp3) is 1.00. The first kappa shape index (κ1) is 22.3. The van der Waals surface area contributed by atoms with Crippen LogP contribution in [0.3, 0.4) is 0 Å². The molecule has 1 N–H and O–H groups in total. The number of hydrogen-bond donors (Lipinski definition) is 1. The SMILES string of the molecule is CCOP(=O)(CC1CCCC(CP(=O)(OCC)OCC)N1)OCC. The van der Waals surface area contributed by atoms with Crippen LogP contribution in [-0.2, 0) is 27.2 Å². The van der Waals surface area contributed by atoms with Crippen molar-refractivity contribution in [3.8, 4) is 0 Å². The van der Waals surface area contributed by atoms with Gasteiger partial charge < -0.3 is 23.4 Å². The topological polar surface area (TPSA) is 83.1 Å². The van der Waals surface area contributed by atoms with Gasteiger partial charge in [-0.3, -0.25) is 9.13 Å². The van der Waals surface area contributed by atoms with Gasteiger partial charge in [-0.25, -0.2) is 0 Å². The van der Waals surface area contributed by atoms with Crippen LogP contribution in [0.4, 0.5) is 0 Å². The van der Waals surface area contributed by atoms with Gasteiger partial charge in [0.15, 0.2) is 0 Å². The van der Waals surface area contributed by atoms with Gasteiger partial charge in [-0.05, 0) is 40.5 Å². The highest BCUT2D eigenvalue weighted by Gasteiger charge is 2.35. The first-order valence-corrected chi connectivity index (χ1v) is 12.4. The second kappa shape index (κ2) is 11.1. The molecule has 1 heterocycles. The number of hydrogen-bond acceptors (Lipinski definition) is 7. The van der Waals surface area contributed by atoms with Gasteiger partial charge in [0.25, 0.3) is 0 Å². The van der Waals surface area contributed by atoms with E-state index in [9.17, 15) is 9.13 Å². The molecule has 1 rings (SSSR count). The Morgan fingerprint density at radius 2 is 1.08 bits per heavy atom. The highest BCUT2D eigenvalue weighted by Crippen LogP contribution is 2.51. The van der Waals surface area contributed by atoms with Gasteiger partial charge in [0.05, 0.1) is 38.8 Å². The summed E-state index contributed by atoms with van der Waals surface area (Å²) in [7, 11) is -6.17. The molecule has 0 saturated carbocycles. The van der Waals surface area contributed by atoms with Gasteiger partial charge in [0.1, 0.15) is 0 Å². The van der Waals surface area contributed by atoms with E-state index in [1.807, 2.05) is 27.7 Å². The van der Waals surface area contributed by atoms with Gasteiger partial charge >= 0.3 is 15.2 Å². The van der Waals surface area contributed by atoms with E-state index in [-0.39, 0.29) is 12.1 Å². The molecule has 1 aliphatic heterocycles. The maximum Gasteiger partial charge on any atom is 0.332 e. The molecule has 0 aromatic heterocycles. The van der Waals surface area contributed by atoms with Crippen LogP contribution < -0.4 is 5.32 Å². The Bertz CT molecular complexity index is 390. The first-order valence-electron chi connectivity index (χ1n) is 8.92. The molecular weight excluding hydrogens is 352 g/mol. The largest absolute Gasteiger partial charge is 0.332 e. The van der Waals surface area contributed by atoms with E-state index in [1.54, 1.807) is 0 Å². The average Bonchev–Trinajstić information content (AvgIpc) is 2.47. The Morgan fingerprint density at radius 3 is 1.38 bits per heavy atom. The average molecular weight is 385 g/mol. The van der Waals surface area contributed by atoms with Gasteiger partial charge in [-0.1, -0.05) is 6.42 Å². The summed E-state index contributed by atoms with van der Waals surface area (Å²) in [5.74, 6) is 0. The molecule has 144 valence electrons. The Balaban J connectivity index is 2.65. The van der Waals surface area contributed by atoms with Crippen LogP contribution in [-0.4, -0.2) is 50.8 Å². The lowest BCUT2D eigenvalue weighted by Gasteiger charge is -2.34. The first-order chi connectivity index (χ1) is 11.4. The summed E-state index contributed by atoms with van der Waals surface area (Å²) in [6, 6.07) is 0.0359. The van der Waals surface area contributed by atoms with Crippen LogP contribution in [0.25, 0.3) is 0 Å².